The second kappa shape index (κ2) is 5.07. The van der Waals surface area contributed by atoms with E-state index in [-0.39, 0.29) is 12.7 Å². The molecule has 0 radical (unpaired) electrons. The van der Waals surface area contributed by atoms with Crippen LogP contribution < -0.4 is 0 Å². The molecule has 0 amide bonds. The van der Waals surface area contributed by atoms with Gasteiger partial charge in [-0.2, -0.15) is 0 Å². The number of nitrogens with zero attached hydrogens (tertiary/aromatic N) is 1. The Kier molecular flexibility index (Phi) is 4.31. The molecule has 0 saturated carbocycles. The highest BCUT2D eigenvalue weighted by Crippen LogP contribution is 2.27. The average molecular weight is 203 g/mol. The van der Waals surface area contributed by atoms with Crippen LogP contribution in [0.5, 0.6) is 0 Å². The molecule has 1 heterocycles. The maximum absolute atomic E-state index is 8.77. The molecule has 0 aromatic heterocycles. The molecule has 1 saturated heterocycles. The first-order chi connectivity index (χ1) is 6.56. The molecule has 1 aliphatic heterocycles. The molecule has 4 nitrogen and oxygen atoms in total. The van der Waals surface area contributed by atoms with Gasteiger partial charge in [-0.3, -0.25) is 0 Å². The van der Waals surface area contributed by atoms with Crippen LogP contribution >= 0.6 is 0 Å². The van der Waals surface area contributed by atoms with E-state index in [4.69, 9.17) is 14.6 Å². The number of hydrogen-bond acceptors (Lipinski definition) is 4. The van der Waals surface area contributed by atoms with Crippen molar-refractivity contribution in [1.29, 1.82) is 0 Å². The first kappa shape index (κ1) is 11.9. The van der Waals surface area contributed by atoms with Gasteiger partial charge >= 0.3 is 0 Å². The van der Waals surface area contributed by atoms with Crippen LogP contribution in [-0.4, -0.2) is 55.8 Å². The van der Waals surface area contributed by atoms with E-state index in [1.54, 1.807) is 0 Å². The van der Waals surface area contributed by atoms with Crippen molar-refractivity contribution in [1.82, 2.24) is 4.90 Å². The molecular weight excluding hydrogens is 182 g/mol. The van der Waals surface area contributed by atoms with E-state index in [9.17, 15) is 0 Å². The van der Waals surface area contributed by atoms with Gasteiger partial charge in [0.15, 0.2) is 5.79 Å². The standard InChI is InChI=1S/C10H21NO3/c1-10(5-6-11(2)3)13-8-9(14-10)4-7-12/h9,12H,4-8H2,1-3H3. The second-order valence-corrected chi connectivity index (χ2v) is 4.25. The first-order valence-electron chi connectivity index (χ1n) is 5.13. The van der Waals surface area contributed by atoms with Crippen LogP contribution in [0.2, 0.25) is 0 Å². The summed E-state index contributed by atoms with van der Waals surface area (Å²) in [7, 11) is 4.06. The van der Waals surface area contributed by atoms with Gasteiger partial charge in [0.2, 0.25) is 0 Å². The van der Waals surface area contributed by atoms with Crippen molar-refractivity contribution in [3.63, 3.8) is 0 Å². The van der Waals surface area contributed by atoms with Crippen molar-refractivity contribution in [2.75, 3.05) is 33.9 Å². The van der Waals surface area contributed by atoms with Gasteiger partial charge in [-0.05, 0) is 27.4 Å². The minimum atomic E-state index is -0.454. The van der Waals surface area contributed by atoms with Crippen LogP contribution in [-0.2, 0) is 9.47 Å². The summed E-state index contributed by atoms with van der Waals surface area (Å²) in [6.07, 6.45) is 1.59. The van der Waals surface area contributed by atoms with Crippen molar-refractivity contribution in [3.05, 3.63) is 0 Å². The van der Waals surface area contributed by atoms with Gasteiger partial charge in [-0.25, -0.2) is 0 Å². The molecule has 84 valence electrons. The van der Waals surface area contributed by atoms with Crippen LogP contribution in [0.1, 0.15) is 19.8 Å². The Bertz CT molecular complexity index is 175. The molecule has 2 unspecified atom stereocenters. The summed E-state index contributed by atoms with van der Waals surface area (Å²) in [4.78, 5) is 2.11. The van der Waals surface area contributed by atoms with Crippen LogP contribution in [0.25, 0.3) is 0 Å². The Morgan fingerprint density at radius 1 is 1.50 bits per heavy atom. The highest BCUT2D eigenvalue weighted by atomic mass is 16.7. The smallest absolute Gasteiger partial charge is 0.167 e. The summed E-state index contributed by atoms with van der Waals surface area (Å²) in [5.74, 6) is -0.454. The van der Waals surface area contributed by atoms with Crippen molar-refractivity contribution in [3.8, 4) is 0 Å². The summed E-state index contributed by atoms with van der Waals surface area (Å²) in [6, 6.07) is 0. The lowest BCUT2D eigenvalue weighted by Gasteiger charge is -2.24. The van der Waals surface area contributed by atoms with E-state index < -0.39 is 5.79 Å². The molecule has 1 fully saturated rings. The van der Waals surface area contributed by atoms with E-state index in [0.717, 1.165) is 13.0 Å². The highest BCUT2D eigenvalue weighted by Gasteiger charge is 2.36. The van der Waals surface area contributed by atoms with Gasteiger partial charge in [0, 0.05) is 19.6 Å². The largest absolute Gasteiger partial charge is 0.396 e. The zero-order valence-corrected chi connectivity index (χ0v) is 9.32. The van der Waals surface area contributed by atoms with Gasteiger partial charge < -0.3 is 19.5 Å². The van der Waals surface area contributed by atoms with Crippen LogP contribution in [0, 0.1) is 0 Å². The predicted molar refractivity (Wildman–Crippen MR) is 54.1 cm³/mol. The fourth-order valence-corrected chi connectivity index (χ4v) is 1.53. The third kappa shape index (κ3) is 3.53. The maximum atomic E-state index is 8.77. The minimum absolute atomic E-state index is 0.0622. The molecule has 0 aromatic rings. The number of ether oxygens (including phenoxy) is 2. The molecule has 1 rings (SSSR count). The van der Waals surface area contributed by atoms with Crippen molar-refractivity contribution >= 4 is 0 Å². The zero-order valence-electron chi connectivity index (χ0n) is 9.32. The topological polar surface area (TPSA) is 41.9 Å². The quantitative estimate of drug-likeness (QED) is 0.704. The zero-order chi connectivity index (χ0) is 10.6. The third-order valence-electron chi connectivity index (χ3n) is 2.45. The molecule has 0 aromatic carbocycles. The minimum Gasteiger partial charge on any atom is -0.396 e. The van der Waals surface area contributed by atoms with Gasteiger partial charge in [0.25, 0.3) is 0 Å². The Morgan fingerprint density at radius 2 is 2.21 bits per heavy atom. The molecule has 0 bridgehead atoms. The molecule has 1 N–H and O–H groups in total. The summed E-state index contributed by atoms with van der Waals surface area (Å²) in [5, 5.41) is 8.77. The summed E-state index contributed by atoms with van der Waals surface area (Å²) >= 11 is 0. The fourth-order valence-electron chi connectivity index (χ4n) is 1.53. The summed E-state index contributed by atoms with van der Waals surface area (Å²) in [5.41, 5.74) is 0. The van der Waals surface area contributed by atoms with E-state index in [1.807, 2.05) is 21.0 Å². The molecule has 1 aliphatic rings. The second-order valence-electron chi connectivity index (χ2n) is 4.25. The summed E-state index contributed by atoms with van der Waals surface area (Å²) < 4.78 is 11.3. The first-order valence-corrected chi connectivity index (χ1v) is 5.13. The highest BCUT2D eigenvalue weighted by molar-refractivity contribution is 4.75. The van der Waals surface area contributed by atoms with E-state index >= 15 is 0 Å². The third-order valence-corrected chi connectivity index (χ3v) is 2.45. The van der Waals surface area contributed by atoms with Gasteiger partial charge in [-0.15, -0.1) is 0 Å². The monoisotopic (exact) mass is 203 g/mol. The number of hydrogen-bond donors (Lipinski definition) is 1. The van der Waals surface area contributed by atoms with Crippen molar-refractivity contribution in [2.24, 2.45) is 0 Å². The Labute approximate surface area is 85.8 Å². The fraction of sp³-hybridized carbons (Fsp3) is 1.00. The van der Waals surface area contributed by atoms with Crippen LogP contribution in [0.3, 0.4) is 0 Å². The Morgan fingerprint density at radius 3 is 2.79 bits per heavy atom. The van der Waals surface area contributed by atoms with E-state index in [2.05, 4.69) is 4.90 Å². The predicted octanol–water partition coefficient (Wildman–Crippen LogP) is 0.452. The van der Waals surface area contributed by atoms with E-state index in [1.165, 1.54) is 0 Å². The molecule has 4 heteroatoms. The van der Waals surface area contributed by atoms with Crippen molar-refractivity contribution in [2.45, 2.75) is 31.7 Å². The molecule has 0 spiro atoms. The number of aliphatic hydroxyl groups excluding tert-OH is 1. The lowest BCUT2D eigenvalue weighted by Crippen LogP contribution is -2.31. The lowest BCUT2D eigenvalue weighted by molar-refractivity contribution is -0.161. The Hall–Kier alpha value is -0.160. The normalized spacial score (nSPS) is 32.8. The maximum Gasteiger partial charge on any atom is 0.167 e. The van der Waals surface area contributed by atoms with Crippen molar-refractivity contribution < 1.29 is 14.6 Å². The van der Waals surface area contributed by atoms with Gasteiger partial charge in [0.1, 0.15) is 0 Å². The van der Waals surface area contributed by atoms with E-state index in [0.29, 0.717) is 13.0 Å². The summed E-state index contributed by atoms with van der Waals surface area (Å²) in [6.45, 7) is 3.68. The molecule has 0 aliphatic carbocycles. The van der Waals surface area contributed by atoms with Gasteiger partial charge in [-0.1, -0.05) is 0 Å². The lowest BCUT2D eigenvalue weighted by atomic mass is 10.2. The van der Waals surface area contributed by atoms with Gasteiger partial charge in [0.05, 0.1) is 12.7 Å². The SMILES string of the molecule is CN(C)CCC1(C)OCC(CCO)O1. The Balaban J connectivity index is 2.30. The number of rotatable bonds is 5. The average Bonchev–Trinajstić information content (AvgIpc) is 2.46. The van der Waals surface area contributed by atoms with Crippen LogP contribution in [0.15, 0.2) is 0 Å². The van der Waals surface area contributed by atoms with Crippen LogP contribution in [0.4, 0.5) is 0 Å². The molecular formula is C10H21NO3. The molecule has 14 heavy (non-hydrogen) atoms. The number of aliphatic hydroxyl groups is 1. The molecule has 2 atom stereocenters.